The SMILES string of the molecule is CCOC(=O)C(C#N)c1ccc(CC)cc1. The average Bonchev–Trinajstić information content (AvgIpc) is 2.31. The first-order valence-electron chi connectivity index (χ1n) is 5.38. The monoisotopic (exact) mass is 217 g/mol. The zero-order valence-corrected chi connectivity index (χ0v) is 9.56. The number of rotatable bonds is 4. The number of esters is 1. The van der Waals surface area contributed by atoms with Gasteiger partial charge in [-0.15, -0.1) is 0 Å². The average molecular weight is 217 g/mol. The molecule has 3 nitrogen and oxygen atoms in total. The summed E-state index contributed by atoms with van der Waals surface area (Å²) in [6.45, 7) is 4.08. The van der Waals surface area contributed by atoms with Crippen LogP contribution in [0.2, 0.25) is 0 Å². The fourth-order valence-corrected chi connectivity index (χ4v) is 1.43. The third-order valence-corrected chi connectivity index (χ3v) is 2.37. The van der Waals surface area contributed by atoms with Crippen LogP contribution in [0.5, 0.6) is 0 Å². The van der Waals surface area contributed by atoms with Crippen molar-refractivity contribution in [3.63, 3.8) is 0 Å². The van der Waals surface area contributed by atoms with Crippen molar-refractivity contribution in [1.82, 2.24) is 0 Å². The van der Waals surface area contributed by atoms with Crippen molar-refractivity contribution in [1.29, 1.82) is 5.26 Å². The summed E-state index contributed by atoms with van der Waals surface area (Å²) in [5, 5.41) is 8.95. The highest BCUT2D eigenvalue weighted by atomic mass is 16.5. The molecule has 3 heteroatoms. The highest BCUT2D eigenvalue weighted by Gasteiger charge is 2.20. The number of hydrogen-bond acceptors (Lipinski definition) is 3. The van der Waals surface area contributed by atoms with Crippen molar-refractivity contribution < 1.29 is 9.53 Å². The minimum Gasteiger partial charge on any atom is -0.465 e. The van der Waals surface area contributed by atoms with Gasteiger partial charge in [-0.2, -0.15) is 5.26 Å². The smallest absolute Gasteiger partial charge is 0.327 e. The Bertz CT molecular complexity index is 389. The van der Waals surface area contributed by atoms with Gasteiger partial charge in [-0.3, -0.25) is 4.79 Å². The Kier molecular flexibility index (Phi) is 4.53. The van der Waals surface area contributed by atoms with E-state index in [1.54, 1.807) is 6.92 Å². The van der Waals surface area contributed by atoms with E-state index in [-0.39, 0.29) is 0 Å². The quantitative estimate of drug-likeness (QED) is 0.728. The largest absolute Gasteiger partial charge is 0.465 e. The van der Waals surface area contributed by atoms with Gasteiger partial charge in [0.1, 0.15) is 0 Å². The number of hydrogen-bond donors (Lipinski definition) is 0. The van der Waals surface area contributed by atoms with Crippen molar-refractivity contribution in [2.75, 3.05) is 6.61 Å². The van der Waals surface area contributed by atoms with Crippen LogP contribution in [-0.4, -0.2) is 12.6 Å². The van der Waals surface area contributed by atoms with Gasteiger partial charge in [0.05, 0.1) is 12.7 Å². The predicted octanol–water partition coefficient (Wildman–Crippen LogP) is 2.42. The van der Waals surface area contributed by atoms with Gasteiger partial charge >= 0.3 is 5.97 Å². The molecule has 0 heterocycles. The molecular formula is C13H15NO2. The molecule has 0 saturated heterocycles. The van der Waals surface area contributed by atoms with E-state index in [0.29, 0.717) is 12.2 Å². The Morgan fingerprint density at radius 1 is 1.38 bits per heavy atom. The summed E-state index contributed by atoms with van der Waals surface area (Å²) in [5.74, 6) is -1.29. The molecule has 0 aliphatic heterocycles. The fraction of sp³-hybridized carbons (Fsp3) is 0.385. The van der Waals surface area contributed by atoms with Crippen LogP contribution in [0.4, 0.5) is 0 Å². The van der Waals surface area contributed by atoms with E-state index < -0.39 is 11.9 Å². The van der Waals surface area contributed by atoms with Gasteiger partial charge in [0, 0.05) is 0 Å². The van der Waals surface area contributed by atoms with Crippen LogP contribution >= 0.6 is 0 Å². The molecule has 0 aromatic heterocycles. The number of carbonyl (C=O) groups excluding carboxylic acids is 1. The number of nitriles is 1. The second kappa shape index (κ2) is 5.92. The third-order valence-electron chi connectivity index (χ3n) is 2.37. The summed E-state index contributed by atoms with van der Waals surface area (Å²) < 4.78 is 4.84. The first-order chi connectivity index (χ1) is 7.72. The molecule has 0 bridgehead atoms. The first kappa shape index (κ1) is 12.3. The fourth-order valence-electron chi connectivity index (χ4n) is 1.43. The molecule has 0 aliphatic rings. The lowest BCUT2D eigenvalue weighted by Crippen LogP contribution is -2.14. The predicted molar refractivity (Wildman–Crippen MR) is 60.8 cm³/mol. The Morgan fingerprint density at radius 2 is 2.00 bits per heavy atom. The molecular weight excluding hydrogens is 202 g/mol. The van der Waals surface area contributed by atoms with Crippen LogP contribution in [0, 0.1) is 11.3 Å². The van der Waals surface area contributed by atoms with E-state index in [2.05, 4.69) is 6.92 Å². The zero-order chi connectivity index (χ0) is 12.0. The van der Waals surface area contributed by atoms with Crippen LogP contribution in [0.25, 0.3) is 0 Å². The summed E-state index contributed by atoms with van der Waals surface area (Å²) in [7, 11) is 0. The van der Waals surface area contributed by atoms with Crippen molar-refractivity contribution in [3.8, 4) is 6.07 Å². The molecule has 1 aromatic rings. The highest BCUT2D eigenvalue weighted by molar-refractivity contribution is 5.81. The van der Waals surface area contributed by atoms with Gasteiger partial charge < -0.3 is 4.74 Å². The molecule has 0 aliphatic carbocycles. The molecule has 1 rings (SSSR count). The molecule has 0 fully saturated rings. The number of ether oxygens (including phenoxy) is 1. The van der Waals surface area contributed by atoms with E-state index in [0.717, 1.165) is 6.42 Å². The van der Waals surface area contributed by atoms with E-state index >= 15 is 0 Å². The standard InChI is InChI=1S/C13H15NO2/c1-3-10-5-7-11(8-6-10)12(9-14)13(15)16-4-2/h5-8,12H,3-4H2,1-2H3. The Labute approximate surface area is 95.7 Å². The number of nitrogens with zero attached hydrogens (tertiary/aromatic N) is 1. The lowest BCUT2D eigenvalue weighted by molar-refractivity contribution is -0.143. The topological polar surface area (TPSA) is 50.1 Å². The summed E-state index contributed by atoms with van der Waals surface area (Å²) >= 11 is 0. The number of carbonyl (C=O) groups is 1. The van der Waals surface area contributed by atoms with Gasteiger partial charge in [0.2, 0.25) is 0 Å². The first-order valence-corrected chi connectivity index (χ1v) is 5.38. The number of aryl methyl sites for hydroxylation is 1. The lowest BCUT2D eigenvalue weighted by atomic mass is 9.99. The molecule has 16 heavy (non-hydrogen) atoms. The molecule has 1 aromatic carbocycles. The van der Waals surface area contributed by atoms with E-state index in [9.17, 15) is 4.79 Å². The minimum atomic E-state index is -0.814. The molecule has 1 atom stereocenters. The van der Waals surface area contributed by atoms with Crippen molar-refractivity contribution >= 4 is 5.97 Å². The van der Waals surface area contributed by atoms with Crippen LogP contribution in [0.15, 0.2) is 24.3 Å². The van der Waals surface area contributed by atoms with E-state index in [1.807, 2.05) is 30.3 Å². The zero-order valence-electron chi connectivity index (χ0n) is 9.56. The highest BCUT2D eigenvalue weighted by Crippen LogP contribution is 2.17. The Hall–Kier alpha value is -1.82. The third kappa shape index (κ3) is 2.83. The molecule has 0 radical (unpaired) electrons. The van der Waals surface area contributed by atoms with E-state index in [4.69, 9.17) is 10.00 Å². The minimum absolute atomic E-state index is 0.296. The molecule has 0 amide bonds. The van der Waals surface area contributed by atoms with Crippen LogP contribution in [0.1, 0.15) is 30.9 Å². The molecule has 84 valence electrons. The van der Waals surface area contributed by atoms with Gasteiger partial charge in [-0.25, -0.2) is 0 Å². The van der Waals surface area contributed by atoms with Gasteiger partial charge in [-0.05, 0) is 24.5 Å². The van der Waals surface area contributed by atoms with Gasteiger partial charge in [0.25, 0.3) is 0 Å². The lowest BCUT2D eigenvalue weighted by Gasteiger charge is -2.08. The molecule has 0 spiro atoms. The summed E-state index contributed by atoms with van der Waals surface area (Å²) in [4.78, 5) is 11.5. The normalized spacial score (nSPS) is 11.6. The van der Waals surface area contributed by atoms with Crippen LogP contribution in [-0.2, 0) is 16.0 Å². The maximum atomic E-state index is 11.5. The Balaban J connectivity index is 2.88. The molecule has 0 N–H and O–H groups in total. The van der Waals surface area contributed by atoms with Crippen molar-refractivity contribution in [3.05, 3.63) is 35.4 Å². The molecule has 1 unspecified atom stereocenters. The second-order valence-corrected chi connectivity index (χ2v) is 3.41. The van der Waals surface area contributed by atoms with Crippen LogP contribution in [0.3, 0.4) is 0 Å². The summed E-state index contributed by atoms with van der Waals surface area (Å²) in [6.07, 6.45) is 0.941. The Morgan fingerprint density at radius 3 is 2.44 bits per heavy atom. The van der Waals surface area contributed by atoms with Crippen molar-refractivity contribution in [2.45, 2.75) is 26.2 Å². The van der Waals surface area contributed by atoms with E-state index in [1.165, 1.54) is 5.56 Å². The van der Waals surface area contributed by atoms with Crippen LogP contribution < -0.4 is 0 Å². The summed E-state index contributed by atoms with van der Waals surface area (Å²) in [6, 6.07) is 9.44. The number of benzene rings is 1. The molecule has 0 saturated carbocycles. The maximum absolute atomic E-state index is 11.5. The van der Waals surface area contributed by atoms with Gasteiger partial charge in [0.15, 0.2) is 5.92 Å². The summed E-state index contributed by atoms with van der Waals surface area (Å²) in [5.41, 5.74) is 1.88. The maximum Gasteiger partial charge on any atom is 0.327 e. The second-order valence-electron chi connectivity index (χ2n) is 3.41. The van der Waals surface area contributed by atoms with Crippen molar-refractivity contribution in [2.24, 2.45) is 0 Å². The van der Waals surface area contributed by atoms with Gasteiger partial charge in [-0.1, -0.05) is 31.2 Å².